The van der Waals surface area contributed by atoms with Gasteiger partial charge in [-0.05, 0) is 31.0 Å². The minimum Gasteiger partial charge on any atom is -0.365 e. The standard InChI is InChI=1S/C14H19N3O2S2/c1-10-4-5-11(2)13(8-10)21(18,19)16-7-6-12-9-20-14(15-3)17-12/h4-5,8-9,16H,6-7H2,1-3H3,(H,15,17). The van der Waals surface area contributed by atoms with E-state index in [4.69, 9.17) is 0 Å². The van der Waals surface area contributed by atoms with E-state index in [0.29, 0.717) is 17.9 Å². The summed E-state index contributed by atoms with van der Waals surface area (Å²) in [6, 6.07) is 5.42. The van der Waals surface area contributed by atoms with Crippen molar-refractivity contribution in [3.63, 3.8) is 0 Å². The summed E-state index contributed by atoms with van der Waals surface area (Å²) in [6.45, 7) is 4.02. The van der Waals surface area contributed by atoms with Crippen molar-refractivity contribution in [3.05, 3.63) is 40.4 Å². The number of aromatic nitrogens is 1. The average molecular weight is 325 g/mol. The van der Waals surface area contributed by atoms with Crippen molar-refractivity contribution in [2.45, 2.75) is 25.2 Å². The first-order valence-corrected chi connectivity index (χ1v) is 8.98. The first kappa shape index (κ1) is 15.9. The molecule has 2 aromatic rings. The Bertz CT molecular complexity index is 724. The molecule has 5 nitrogen and oxygen atoms in total. The lowest BCUT2D eigenvalue weighted by Gasteiger charge is -2.09. The Hall–Kier alpha value is -1.44. The molecular formula is C14H19N3O2S2. The Kier molecular flexibility index (Phi) is 4.97. The van der Waals surface area contributed by atoms with Crippen LogP contribution in [0, 0.1) is 13.8 Å². The zero-order chi connectivity index (χ0) is 15.5. The molecule has 0 fully saturated rings. The fourth-order valence-electron chi connectivity index (χ4n) is 1.92. The number of aryl methyl sites for hydroxylation is 2. The molecule has 114 valence electrons. The fraction of sp³-hybridized carbons (Fsp3) is 0.357. The summed E-state index contributed by atoms with van der Waals surface area (Å²) < 4.78 is 27.3. The van der Waals surface area contributed by atoms with E-state index in [1.807, 2.05) is 31.5 Å². The summed E-state index contributed by atoms with van der Waals surface area (Å²) in [4.78, 5) is 4.67. The van der Waals surface area contributed by atoms with Crippen molar-refractivity contribution in [1.82, 2.24) is 9.71 Å². The van der Waals surface area contributed by atoms with Crippen molar-refractivity contribution in [3.8, 4) is 0 Å². The summed E-state index contributed by atoms with van der Waals surface area (Å²) in [5.41, 5.74) is 2.56. The SMILES string of the molecule is CNc1nc(CCNS(=O)(=O)c2cc(C)ccc2C)cs1. The maximum atomic E-state index is 12.3. The van der Waals surface area contributed by atoms with E-state index in [-0.39, 0.29) is 0 Å². The number of benzene rings is 1. The van der Waals surface area contributed by atoms with E-state index in [1.54, 1.807) is 13.0 Å². The third-order valence-electron chi connectivity index (χ3n) is 3.07. The summed E-state index contributed by atoms with van der Waals surface area (Å²) >= 11 is 1.51. The first-order valence-electron chi connectivity index (χ1n) is 6.61. The smallest absolute Gasteiger partial charge is 0.240 e. The quantitative estimate of drug-likeness (QED) is 0.855. The van der Waals surface area contributed by atoms with Gasteiger partial charge in [0.15, 0.2) is 5.13 Å². The zero-order valence-corrected chi connectivity index (χ0v) is 13.9. The van der Waals surface area contributed by atoms with Crippen molar-refractivity contribution < 1.29 is 8.42 Å². The lowest BCUT2D eigenvalue weighted by Crippen LogP contribution is -2.26. The fourth-order valence-corrected chi connectivity index (χ4v) is 3.99. The van der Waals surface area contributed by atoms with Gasteiger partial charge in [0.1, 0.15) is 0 Å². The van der Waals surface area contributed by atoms with Crippen molar-refractivity contribution in [2.24, 2.45) is 0 Å². The highest BCUT2D eigenvalue weighted by atomic mass is 32.2. The zero-order valence-electron chi connectivity index (χ0n) is 12.3. The van der Waals surface area contributed by atoms with E-state index in [2.05, 4.69) is 15.0 Å². The van der Waals surface area contributed by atoms with E-state index < -0.39 is 10.0 Å². The molecule has 0 spiro atoms. The maximum Gasteiger partial charge on any atom is 0.240 e. The lowest BCUT2D eigenvalue weighted by molar-refractivity contribution is 0.580. The minimum atomic E-state index is -3.47. The van der Waals surface area contributed by atoms with E-state index in [9.17, 15) is 8.42 Å². The molecule has 0 atom stereocenters. The van der Waals surface area contributed by atoms with Gasteiger partial charge in [-0.3, -0.25) is 0 Å². The molecule has 0 bridgehead atoms. The Morgan fingerprint density at radius 3 is 2.71 bits per heavy atom. The van der Waals surface area contributed by atoms with Gasteiger partial charge in [0.2, 0.25) is 10.0 Å². The van der Waals surface area contributed by atoms with Gasteiger partial charge < -0.3 is 5.32 Å². The third kappa shape index (κ3) is 4.03. The molecule has 1 heterocycles. The van der Waals surface area contributed by atoms with E-state index in [0.717, 1.165) is 22.0 Å². The predicted molar refractivity (Wildman–Crippen MR) is 86.5 cm³/mol. The van der Waals surface area contributed by atoms with Gasteiger partial charge in [0, 0.05) is 25.4 Å². The maximum absolute atomic E-state index is 12.3. The van der Waals surface area contributed by atoms with E-state index >= 15 is 0 Å². The van der Waals surface area contributed by atoms with Crippen LogP contribution in [0.3, 0.4) is 0 Å². The lowest BCUT2D eigenvalue weighted by atomic mass is 10.2. The van der Waals surface area contributed by atoms with Crippen LogP contribution in [0.25, 0.3) is 0 Å². The number of nitrogens with one attached hydrogen (secondary N) is 2. The van der Waals surface area contributed by atoms with Gasteiger partial charge in [0.05, 0.1) is 10.6 Å². The van der Waals surface area contributed by atoms with Crippen molar-refractivity contribution in [2.75, 3.05) is 18.9 Å². The monoisotopic (exact) mass is 325 g/mol. The van der Waals surface area contributed by atoms with Crippen LogP contribution in [0.5, 0.6) is 0 Å². The molecule has 21 heavy (non-hydrogen) atoms. The molecule has 0 saturated carbocycles. The second-order valence-corrected chi connectivity index (χ2v) is 7.40. The van der Waals surface area contributed by atoms with Crippen LogP contribution >= 0.6 is 11.3 Å². The van der Waals surface area contributed by atoms with Crippen molar-refractivity contribution in [1.29, 1.82) is 0 Å². The van der Waals surface area contributed by atoms with Gasteiger partial charge >= 0.3 is 0 Å². The first-order chi connectivity index (χ1) is 9.92. The minimum absolute atomic E-state index is 0.336. The van der Waals surface area contributed by atoms with Crippen LogP contribution in [0.1, 0.15) is 16.8 Å². The molecular weight excluding hydrogens is 306 g/mol. The van der Waals surface area contributed by atoms with Crippen LogP contribution in [-0.4, -0.2) is 27.0 Å². The van der Waals surface area contributed by atoms with Gasteiger partial charge in [-0.1, -0.05) is 12.1 Å². The van der Waals surface area contributed by atoms with Gasteiger partial charge in [-0.2, -0.15) is 0 Å². The molecule has 2 rings (SSSR count). The predicted octanol–water partition coefficient (Wildman–Crippen LogP) is 2.32. The highest BCUT2D eigenvalue weighted by molar-refractivity contribution is 7.89. The molecule has 7 heteroatoms. The van der Waals surface area contributed by atoms with Gasteiger partial charge in [-0.25, -0.2) is 18.1 Å². The number of rotatable bonds is 6. The number of sulfonamides is 1. The van der Waals surface area contributed by atoms with E-state index in [1.165, 1.54) is 11.3 Å². The molecule has 0 saturated heterocycles. The molecule has 1 aromatic heterocycles. The second-order valence-electron chi connectivity index (χ2n) is 4.81. The van der Waals surface area contributed by atoms with Crippen LogP contribution in [0.2, 0.25) is 0 Å². The topological polar surface area (TPSA) is 71.1 Å². The number of anilines is 1. The Morgan fingerprint density at radius 2 is 2.05 bits per heavy atom. The third-order valence-corrected chi connectivity index (χ3v) is 5.58. The molecule has 0 amide bonds. The highest BCUT2D eigenvalue weighted by Gasteiger charge is 2.16. The Balaban J connectivity index is 2.02. The second kappa shape index (κ2) is 6.55. The Morgan fingerprint density at radius 1 is 1.29 bits per heavy atom. The summed E-state index contributed by atoms with van der Waals surface area (Å²) in [5, 5.41) is 5.73. The largest absolute Gasteiger partial charge is 0.365 e. The molecule has 1 aromatic carbocycles. The summed E-state index contributed by atoms with van der Waals surface area (Å²) in [5.74, 6) is 0. The van der Waals surface area contributed by atoms with Crippen LogP contribution in [0.15, 0.2) is 28.5 Å². The van der Waals surface area contributed by atoms with Crippen LogP contribution in [-0.2, 0) is 16.4 Å². The summed E-state index contributed by atoms with van der Waals surface area (Å²) in [7, 11) is -1.66. The molecule has 0 aliphatic rings. The number of hydrogen-bond acceptors (Lipinski definition) is 5. The van der Waals surface area contributed by atoms with Crippen LogP contribution < -0.4 is 10.0 Å². The van der Waals surface area contributed by atoms with Crippen LogP contribution in [0.4, 0.5) is 5.13 Å². The number of hydrogen-bond donors (Lipinski definition) is 2. The summed E-state index contributed by atoms with van der Waals surface area (Å²) in [6.07, 6.45) is 0.572. The average Bonchev–Trinajstić information content (AvgIpc) is 2.89. The highest BCUT2D eigenvalue weighted by Crippen LogP contribution is 2.17. The molecule has 0 unspecified atom stereocenters. The number of nitrogens with zero attached hydrogens (tertiary/aromatic N) is 1. The molecule has 0 aliphatic heterocycles. The number of thiazole rings is 1. The Labute approximate surface area is 129 Å². The van der Waals surface area contributed by atoms with Gasteiger partial charge in [0.25, 0.3) is 0 Å². The normalized spacial score (nSPS) is 11.6. The molecule has 0 aliphatic carbocycles. The molecule has 0 radical (unpaired) electrons. The van der Waals surface area contributed by atoms with Crippen molar-refractivity contribution >= 4 is 26.5 Å². The molecule has 2 N–H and O–H groups in total. The van der Waals surface area contributed by atoms with Gasteiger partial charge in [-0.15, -0.1) is 11.3 Å².